The molecule has 3 rings (SSSR count). The summed E-state index contributed by atoms with van der Waals surface area (Å²) in [7, 11) is 0. The SMILES string of the molecule is Cc1ccccc1OCCCC(=O)N1CCC(C(=O)N2CCCC2)CC1. The molecule has 0 bridgehead atoms. The van der Waals surface area contributed by atoms with E-state index in [2.05, 4.69) is 0 Å². The van der Waals surface area contributed by atoms with Crippen LogP contribution in [-0.2, 0) is 9.59 Å². The standard InChI is InChI=1S/C21H30N2O3/c1-17-7-2-3-8-19(17)26-16-6-9-20(24)22-14-10-18(11-15-22)21(25)23-12-4-5-13-23/h2-3,7-8,18H,4-6,9-16H2,1H3. The van der Waals surface area contributed by atoms with Crippen LogP contribution in [0.15, 0.2) is 24.3 Å². The summed E-state index contributed by atoms with van der Waals surface area (Å²) in [5.74, 6) is 1.49. The lowest BCUT2D eigenvalue weighted by Gasteiger charge is -2.33. The third kappa shape index (κ3) is 4.77. The quantitative estimate of drug-likeness (QED) is 0.735. The van der Waals surface area contributed by atoms with Crippen molar-refractivity contribution in [1.82, 2.24) is 9.80 Å². The van der Waals surface area contributed by atoms with Crippen LogP contribution < -0.4 is 4.74 Å². The van der Waals surface area contributed by atoms with Gasteiger partial charge in [-0.25, -0.2) is 0 Å². The Morgan fingerprint density at radius 1 is 1.04 bits per heavy atom. The van der Waals surface area contributed by atoms with Crippen LogP contribution in [0.1, 0.15) is 44.1 Å². The van der Waals surface area contributed by atoms with Crippen molar-refractivity contribution in [2.45, 2.75) is 45.4 Å². The van der Waals surface area contributed by atoms with Gasteiger partial charge in [0, 0.05) is 38.5 Å². The largest absolute Gasteiger partial charge is 0.493 e. The fraction of sp³-hybridized carbons (Fsp3) is 0.619. The number of nitrogens with zero attached hydrogens (tertiary/aromatic N) is 2. The predicted octanol–water partition coefficient (Wildman–Crippen LogP) is 3.02. The van der Waals surface area contributed by atoms with Crippen molar-refractivity contribution in [3.8, 4) is 5.75 Å². The zero-order valence-corrected chi connectivity index (χ0v) is 15.8. The molecule has 0 saturated carbocycles. The number of benzene rings is 1. The molecule has 0 N–H and O–H groups in total. The zero-order chi connectivity index (χ0) is 18.4. The zero-order valence-electron chi connectivity index (χ0n) is 15.8. The van der Waals surface area contributed by atoms with Crippen LogP contribution in [-0.4, -0.2) is 54.4 Å². The number of likely N-dealkylation sites (tertiary alicyclic amines) is 2. The average Bonchev–Trinajstić information content (AvgIpc) is 3.20. The second-order valence-electron chi connectivity index (χ2n) is 7.40. The number of ether oxygens (including phenoxy) is 1. The van der Waals surface area contributed by atoms with Crippen molar-refractivity contribution in [3.05, 3.63) is 29.8 Å². The van der Waals surface area contributed by atoms with E-state index >= 15 is 0 Å². The molecule has 2 fully saturated rings. The molecular formula is C21H30N2O3. The van der Waals surface area contributed by atoms with Gasteiger partial charge in [0.2, 0.25) is 11.8 Å². The van der Waals surface area contributed by atoms with Gasteiger partial charge in [-0.15, -0.1) is 0 Å². The number of aryl methyl sites for hydroxylation is 1. The number of carbonyl (C=O) groups is 2. The smallest absolute Gasteiger partial charge is 0.225 e. The highest BCUT2D eigenvalue weighted by molar-refractivity contribution is 5.80. The van der Waals surface area contributed by atoms with Crippen molar-refractivity contribution in [2.75, 3.05) is 32.8 Å². The lowest BCUT2D eigenvalue weighted by molar-refractivity contribution is -0.140. The number of hydrogen-bond donors (Lipinski definition) is 0. The highest BCUT2D eigenvalue weighted by Gasteiger charge is 2.30. The molecular weight excluding hydrogens is 328 g/mol. The maximum atomic E-state index is 12.5. The van der Waals surface area contributed by atoms with Crippen LogP contribution in [0.2, 0.25) is 0 Å². The summed E-state index contributed by atoms with van der Waals surface area (Å²) in [6, 6.07) is 7.93. The summed E-state index contributed by atoms with van der Waals surface area (Å²) < 4.78 is 5.76. The van der Waals surface area contributed by atoms with Gasteiger partial charge >= 0.3 is 0 Å². The molecule has 0 unspecified atom stereocenters. The molecule has 1 aromatic rings. The van der Waals surface area contributed by atoms with Crippen molar-refractivity contribution in [2.24, 2.45) is 5.92 Å². The first-order valence-corrected chi connectivity index (χ1v) is 9.90. The molecule has 2 heterocycles. The minimum atomic E-state index is 0.113. The highest BCUT2D eigenvalue weighted by Crippen LogP contribution is 2.23. The second kappa shape index (κ2) is 9.06. The van der Waals surface area contributed by atoms with E-state index in [0.29, 0.717) is 32.0 Å². The number of rotatable bonds is 6. The average molecular weight is 358 g/mol. The number of piperidine rings is 1. The van der Waals surface area contributed by atoms with E-state index < -0.39 is 0 Å². The van der Waals surface area contributed by atoms with Crippen LogP contribution in [0.25, 0.3) is 0 Å². The first-order valence-electron chi connectivity index (χ1n) is 9.90. The monoisotopic (exact) mass is 358 g/mol. The van der Waals surface area contributed by atoms with Gasteiger partial charge in [-0.05, 0) is 50.7 Å². The molecule has 0 spiro atoms. The van der Waals surface area contributed by atoms with Gasteiger partial charge in [0.15, 0.2) is 0 Å². The van der Waals surface area contributed by atoms with Crippen LogP contribution in [0.4, 0.5) is 0 Å². The molecule has 2 aliphatic rings. The summed E-state index contributed by atoms with van der Waals surface area (Å²) in [5, 5.41) is 0. The van der Waals surface area contributed by atoms with E-state index in [4.69, 9.17) is 4.74 Å². The van der Waals surface area contributed by atoms with E-state index in [0.717, 1.165) is 56.5 Å². The molecule has 0 aromatic heterocycles. The van der Waals surface area contributed by atoms with Crippen molar-refractivity contribution >= 4 is 11.8 Å². The summed E-state index contributed by atoms with van der Waals surface area (Å²) in [5.41, 5.74) is 1.11. The summed E-state index contributed by atoms with van der Waals surface area (Å²) in [4.78, 5) is 28.8. The fourth-order valence-electron chi connectivity index (χ4n) is 3.85. The minimum Gasteiger partial charge on any atom is -0.493 e. The Bertz CT molecular complexity index is 617. The first kappa shape index (κ1) is 18.7. The van der Waals surface area contributed by atoms with Crippen LogP contribution in [0.5, 0.6) is 5.75 Å². The van der Waals surface area contributed by atoms with Gasteiger partial charge in [-0.3, -0.25) is 9.59 Å². The Hall–Kier alpha value is -2.04. The molecule has 5 nitrogen and oxygen atoms in total. The molecule has 2 aliphatic heterocycles. The van der Waals surface area contributed by atoms with Gasteiger partial charge in [-0.2, -0.15) is 0 Å². The fourth-order valence-corrected chi connectivity index (χ4v) is 3.85. The molecule has 1 aromatic carbocycles. The van der Waals surface area contributed by atoms with E-state index in [1.807, 2.05) is 41.0 Å². The van der Waals surface area contributed by atoms with Gasteiger partial charge in [0.25, 0.3) is 0 Å². The number of carbonyl (C=O) groups excluding carboxylic acids is 2. The molecule has 2 amide bonds. The topological polar surface area (TPSA) is 49.9 Å². The van der Waals surface area contributed by atoms with E-state index in [9.17, 15) is 9.59 Å². The van der Waals surface area contributed by atoms with Crippen molar-refractivity contribution < 1.29 is 14.3 Å². The second-order valence-corrected chi connectivity index (χ2v) is 7.40. The Morgan fingerprint density at radius 3 is 2.42 bits per heavy atom. The lowest BCUT2D eigenvalue weighted by Crippen LogP contribution is -2.43. The molecule has 0 atom stereocenters. The molecule has 5 heteroatoms. The number of amides is 2. The molecule has 26 heavy (non-hydrogen) atoms. The first-order chi connectivity index (χ1) is 12.6. The maximum Gasteiger partial charge on any atom is 0.225 e. The molecule has 142 valence electrons. The molecule has 0 aliphatic carbocycles. The minimum absolute atomic E-state index is 0.113. The van der Waals surface area contributed by atoms with Crippen LogP contribution in [0, 0.1) is 12.8 Å². The van der Waals surface area contributed by atoms with Crippen molar-refractivity contribution in [1.29, 1.82) is 0 Å². The number of hydrogen-bond acceptors (Lipinski definition) is 3. The van der Waals surface area contributed by atoms with Gasteiger partial charge < -0.3 is 14.5 Å². The Balaban J connectivity index is 1.34. The Morgan fingerprint density at radius 2 is 1.73 bits per heavy atom. The maximum absolute atomic E-state index is 12.5. The Labute approximate surface area is 156 Å². The van der Waals surface area contributed by atoms with E-state index in [1.165, 1.54) is 0 Å². The lowest BCUT2D eigenvalue weighted by atomic mass is 9.95. The number of para-hydroxylation sites is 1. The van der Waals surface area contributed by atoms with Gasteiger partial charge in [-0.1, -0.05) is 18.2 Å². The molecule has 0 radical (unpaired) electrons. The normalized spacial score (nSPS) is 18.2. The van der Waals surface area contributed by atoms with Crippen LogP contribution >= 0.6 is 0 Å². The van der Waals surface area contributed by atoms with Crippen LogP contribution in [0.3, 0.4) is 0 Å². The summed E-state index contributed by atoms with van der Waals surface area (Å²) >= 11 is 0. The summed E-state index contributed by atoms with van der Waals surface area (Å²) in [6.07, 6.45) is 5.11. The summed E-state index contributed by atoms with van der Waals surface area (Å²) in [6.45, 7) is 5.83. The van der Waals surface area contributed by atoms with E-state index in [-0.39, 0.29) is 11.8 Å². The van der Waals surface area contributed by atoms with Crippen molar-refractivity contribution in [3.63, 3.8) is 0 Å². The third-order valence-electron chi connectivity index (χ3n) is 5.50. The van der Waals surface area contributed by atoms with E-state index in [1.54, 1.807) is 0 Å². The molecule has 2 saturated heterocycles. The third-order valence-corrected chi connectivity index (χ3v) is 5.50. The highest BCUT2D eigenvalue weighted by atomic mass is 16.5. The predicted molar refractivity (Wildman–Crippen MR) is 101 cm³/mol. The van der Waals surface area contributed by atoms with Gasteiger partial charge in [0.1, 0.15) is 5.75 Å². The van der Waals surface area contributed by atoms with Gasteiger partial charge in [0.05, 0.1) is 6.61 Å². The Kier molecular flexibility index (Phi) is 6.53.